The summed E-state index contributed by atoms with van der Waals surface area (Å²) >= 11 is 0. The van der Waals surface area contributed by atoms with Gasteiger partial charge in [-0.05, 0) is 37.8 Å². The van der Waals surface area contributed by atoms with Gasteiger partial charge in [-0.2, -0.15) is 0 Å². The maximum atomic E-state index is 3.57. The first-order valence-corrected chi connectivity index (χ1v) is 5.15. The Balaban J connectivity index is 2.26. The molecular formula is C12H17N. The number of aryl methyl sites for hydroxylation is 2. The zero-order valence-electron chi connectivity index (χ0n) is 8.43. The molecule has 70 valence electrons. The summed E-state index contributed by atoms with van der Waals surface area (Å²) in [4.78, 5) is 0. The first kappa shape index (κ1) is 8.61. The zero-order valence-corrected chi connectivity index (χ0v) is 8.43. The zero-order chi connectivity index (χ0) is 9.26. The summed E-state index contributed by atoms with van der Waals surface area (Å²) in [7, 11) is 0. The van der Waals surface area contributed by atoms with Crippen molar-refractivity contribution in [2.24, 2.45) is 0 Å². The smallest absolute Gasteiger partial charge is 0.0375 e. The summed E-state index contributed by atoms with van der Waals surface area (Å²) in [6, 6.07) is 7.39. The lowest BCUT2D eigenvalue weighted by molar-refractivity contribution is 0.614. The van der Waals surface area contributed by atoms with Crippen LogP contribution in [0.5, 0.6) is 0 Å². The number of benzene rings is 1. The molecule has 0 saturated carbocycles. The Kier molecular flexibility index (Phi) is 2.26. The molecule has 1 aliphatic heterocycles. The Labute approximate surface area is 80.2 Å². The lowest BCUT2D eigenvalue weighted by Crippen LogP contribution is -2.24. The van der Waals surface area contributed by atoms with Gasteiger partial charge in [-0.3, -0.25) is 0 Å². The monoisotopic (exact) mass is 175 g/mol. The number of rotatable bonds is 1. The third-order valence-electron chi connectivity index (χ3n) is 2.88. The fourth-order valence-electron chi connectivity index (χ4n) is 2.00. The normalized spacial score (nSPS) is 20.6. The van der Waals surface area contributed by atoms with E-state index in [1.165, 1.54) is 36.1 Å². The van der Waals surface area contributed by atoms with Gasteiger partial charge in [0.1, 0.15) is 0 Å². The van der Waals surface area contributed by atoms with Crippen LogP contribution in [0.4, 0.5) is 5.69 Å². The number of hydrogen-bond donors (Lipinski definition) is 1. The quantitative estimate of drug-likeness (QED) is 0.691. The summed E-state index contributed by atoms with van der Waals surface area (Å²) in [6.07, 6.45) is 3.75. The lowest BCUT2D eigenvalue weighted by atomic mass is 9.95. The molecule has 2 rings (SSSR count). The predicted octanol–water partition coefficient (Wildman–Crippen LogP) is 3.13. The summed E-state index contributed by atoms with van der Waals surface area (Å²) in [5, 5.41) is 3.57. The van der Waals surface area contributed by atoms with Gasteiger partial charge in [-0.1, -0.05) is 24.6 Å². The summed E-state index contributed by atoms with van der Waals surface area (Å²) in [6.45, 7) is 4.41. The number of hydrogen-bond acceptors (Lipinski definition) is 1. The lowest BCUT2D eigenvalue weighted by Gasteiger charge is -2.26. The van der Waals surface area contributed by atoms with Crippen molar-refractivity contribution in [1.82, 2.24) is 0 Å². The van der Waals surface area contributed by atoms with Crippen LogP contribution >= 0.6 is 0 Å². The predicted molar refractivity (Wildman–Crippen MR) is 57.2 cm³/mol. The summed E-state index contributed by atoms with van der Waals surface area (Å²) < 4.78 is 0. The highest BCUT2D eigenvalue weighted by molar-refractivity contribution is 5.55. The maximum Gasteiger partial charge on any atom is 0.0375 e. The SMILES string of the molecule is CCC1CCc2cc(C)ccc2N1. The van der Waals surface area contributed by atoms with Crippen LogP contribution in [-0.4, -0.2) is 6.04 Å². The van der Waals surface area contributed by atoms with E-state index >= 15 is 0 Å². The molecule has 0 spiro atoms. The highest BCUT2D eigenvalue weighted by Crippen LogP contribution is 2.26. The highest BCUT2D eigenvalue weighted by Gasteiger charge is 2.15. The molecule has 1 atom stereocenters. The van der Waals surface area contributed by atoms with Crippen LogP contribution in [-0.2, 0) is 6.42 Å². The molecule has 1 heteroatoms. The second kappa shape index (κ2) is 3.41. The van der Waals surface area contributed by atoms with Crippen molar-refractivity contribution < 1.29 is 0 Å². The van der Waals surface area contributed by atoms with Crippen LogP contribution in [0.2, 0.25) is 0 Å². The minimum atomic E-state index is 0.690. The molecule has 13 heavy (non-hydrogen) atoms. The van der Waals surface area contributed by atoms with E-state index in [1.54, 1.807) is 0 Å². The molecule has 1 unspecified atom stereocenters. The average Bonchev–Trinajstić information content (AvgIpc) is 2.17. The second-order valence-electron chi connectivity index (χ2n) is 3.95. The molecule has 0 amide bonds. The summed E-state index contributed by atoms with van der Waals surface area (Å²) in [5.41, 5.74) is 4.21. The van der Waals surface area contributed by atoms with Gasteiger partial charge in [0.25, 0.3) is 0 Å². The van der Waals surface area contributed by atoms with Crippen molar-refractivity contribution in [2.75, 3.05) is 5.32 Å². The Morgan fingerprint density at radius 2 is 2.31 bits per heavy atom. The van der Waals surface area contributed by atoms with E-state index in [0.717, 1.165) is 0 Å². The van der Waals surface area contributed by atoms with Crippen molar-refractivity contribution in [2.45, 2.75) is 39.2 Å². The van der Waals surface area contributed by atoms with E-state index < -0.39 is 0 Å². The fraction of sp³-hybridized carbons (Fsp3) is 0.500. The molecule has 1 aliphatic rings. The van der Waals surface area contributed by atoms with Crippen LogP contribution in [0.1, 0.15) is 30.9 Å². The molecule has 1 heterocycles. The topological polar surface area (TPSA) is 12.0 Å². The molecule has 0 saturated heterocycles. The molecular weight excluding hydrogens is 158 g/mol. The van der Waals surface area contributed by atoms with Crippen LogP contribution in [0.25, 0.3) is 0 Å². The Morgan fingerprint density at radius 1 is 1.46 bits per heavy atom. The van der Waals surface area contributed by atoms with Gasteiger partial charge in [0.05, 0.1) is 0 Å². The van der Waals surface area contributed by atoms with E-state index in [9.17, 15) is 0 Å². The second-order valence-corrected chi connectivity index (χ2v) is 3.95. The number of fused-ring (bicyclic) bond motifs is 1. The Morgan fingerprint density at radius 3 is 3.08 bits per heavy atom. The number of nitrogens with one attached hydrogen (secondary N) is 1. The molecule has 1 aromatic carbocycles. The van der Waals surface area contributed by atoms with Crippen LogP contribution < -0.4 is 5.32 Å². The van der Waals surface area contributed by atoms with Gasteiger partial charge in [0.2, 0.25) is 0 Å². The molecule has 0 aliphatic carbocycles. The highest BCUT2D eigenvalue weighted by atomic mass is 14.9. The van der Waals surface area contributed by atoms with E-state index in [0.29, 0.717) is 6.04 Å². The molecule has 0 bridgehead atoms. The van der Waals surface area contributed by atoms with Crippen molar-refractivity contribution in [3.63, 3.8) is 0 Å². The largest absolute Gasteiger partial charge is 0.382 e. The summed E-state index contributed by atoms with van der Waals surface area (Å²) in [5.74, 6) is 0. The fourth-order valence-corrected chi connectivity index (χ4v) is 2.00. The van der Waals surface area contributed by atoms with Crippen molar-refractivity contribution in [3.05, 3.63) is 29.3 Å². The molecule has 0 aromatic heterocycles. The molecule has 0 radical (unpaired) electrons. The third-order valence-corrected chi connectivity index (χ3v) is 2.88. The van der Waals surface area contributed by atoms with E-state index in [-0.39, 0.29) is 0 Å². The minimum Gasteiger partial charge on any atom is -0.382 e. The van der Waals surface area contributed by atoms with Crippen LogP contribution in [0.3, 0.4) is 0 Å². The first-order valence-electron chi connectivity index (χ1n) is 5.15. The van der Waals surface area contributed by atoms with Crippen molar-refractivity contribution in [1.29, 1.82) is 0 Å². The van der Waals surface area contributed by atoms with Crippen LogP contribution in [0, 0.1) is 6.92 Å². The minimum absolute atomic E-state index is 0.690. The van der Waals surface area contributed by atoms with Gasteiger partial charge in [0.15, 0.2) is 0 Å². The van der Waals surface area contributed by atoms with E-state index in [2.05, 4.69) is 37.4 Å². The van der Waals surface area contributed by atoms with Crippen molar-refractivity contribution >= 4 is 5.69 Å². The van der Waals surface area contributed by atoms with E-state index in [4.69, 9.17) is 0 Å². The molecule has 0 fully saturated rings. The van der Waals surface area contributed by atoms with Gasteiger partial charge in [-0.15, -0.1) is 0 Å². The van der Waals surface area contributed by atoms with Gasteiger partial charge < -0.3 is 5.32 Å². The van der Waals surface area contributed by atoms with Gasteiger partial charge in [0, 0.05) is 11.7 Å². The van der Waals surface area contributed by atoms with Crippen molar-refractivity contribution in [3.8, 4) is 0 Å². The average molecular weight is 175 g/mol. The Bertz CT molecular complexity index is 304. The molecule has 1 nitrogen and oxygen atoms in total. The standard InChI is InChI=1S/C12H17N/c1-3-11-6-5-10-8-9(2)4-7-12(10)13-11/h4,7-8,11,13H,3,5-6H2,1-2H3. The first-order chi connectivity index (χ1) is 6.29. The molecule has 1 N–H and O–H groups in total. The Hall–Kier alpha value is -0.980. The molecule has 1 aromatic rings. The van der Waals surface area contributed by atoms with E-state index in [1.807, 2.05) is 0 Å². The third kappa shape index (κ3) is 1.69. The van der Waals surface area contributed by atoms with Gasteiger partial charge >= 0.3 is 0 Å². The van der Waals surface area contributed by atoms with Crippen LogP contribution in [0.15, 0.2) is 18.2 Å². The maximum absolute atomic E-state index is 3.57. The number of anilines is 1. The van der Waals surface area contributed by atoms with Gasteiger partial charge in [-0.25, -0.2) is 0 Å².